The summed E-state index contributed by atoms with van der Waals surface area (Å²) in [5.74, 6) is -0.0679. The maximum Gasteiger partial charge on any atom is 0.335 e. The Balaban J connectivity index is 2.17. The quantitative estimate of drug-likeness (QED) is 0.871. The number of aromatic nitrogens is 2. The topological polar surface area (TPSA) is 84.3 Å². The van der Waals surface area contributed by atoms with Crippen molar-refractivity contribution in [1.29, 1.82) is 0 Å². The summed E-state index contributed by atoms with van der Waals surface area (Å²) in [5.41, 5.74) is 0.832. The standard InChI is InChI=1S/C14H15N3O3/c1-9(2)20-13-8-15-7-12(17-13)16-11-5-3-4-10(6-11)14(18)19/h3-9H,1-2H3,(H,16,17)(H,18,19). The van der Waals surface area contributed by atoms with Gasteiger partial charge in [-0.25, -0.2) is 4.79 Å². The van der Waals surface area contributed by atoms with Crippen LogP contribution in [0.2, 0.25) is 0 Å². The molecule has 2 rings (SSSR count). The Labute approximate surface area is 116 Å². The molecular weight excluding hydrogens is 258 g/mol. The number of ether oxygens (including phenoxy) is 1. The zero-order valence-electron chi connectivity index (χ0n) is 11.2. The average Bonchev–Trinajstić information content (AvgIpc) is 2.38. The molecule has 6 heteroatoms. The van der Waals surface area contributed by atoms with E-state index in [0.29, 0.717) is 17.4 Å². The van der Waals surface area contributed by atoms with E-state index in [1.165, 1.54) is 18.3 Å². The highest BCUT2D eigenvalue weighted by atomic mass is 16.5. The van der Waals surface area contributed by atoms with Crippen molar-refractivity contribution in [3.8, 4) is 5.88 Å². The Hall–Kier alpha value is -2.63. The van der Waals surface area contributed by atoms with Crippen LogP contribution in [-0.2, 0) is 0 Å². The van der Waals surface area contributed by atoms with Gasteiger partial charge in [0.1, 0.15) is 0 Å². The number of carboxylic acids is 1. The maximum absolute atomic E-state index is 10.9. The number of nitrogens with one attached hydrogen (secondary N) is 1. The molecule has 0 amide bonds. The zero-order valence-corrected chi connectivity index (χ0v) is 11.2. The number of hydrogen-bond acceptors (Lipinski definition) is 5. The first kappa shape index (κ1) is 13.8. The number of hydrogen-bond donors (Lipinski definition) is 2. The summed E-state index contributed by atoms with van der Waals surface area (Å²) in [6.07, 6.45) is 3.08. The second-order valence-corrected chi connectivity index (χ2v) is 4.42. The minimum absolute atomic E-state index is 0.00916. The highest BCUT2D eigenvalue weighted by Crippen LogP contribution is 2.17. The molecule has 0 spiro atoms. The molecule has 2 N–H and O–H groups in total. The van der Waals surface area contributed by atoms with Gasteiger partial charge in [0.05, 0.1) is 24.1 Å². The van der Waals surface area contributed by atoms with Crippen LogP contribution >= 0.6 is 0 Å². The van der Waals surface area contributed by atoms with E-state index >= 15 is 0 Å². The highest BCUT2D eigenvalue weighted by Gasteiger charge is 2.05. The summed E-state index contributed by atoms with van der Waals surface area (Å²) in [5, 5.41) is 11.9. The van der Waals surface area contributed by atoms with Crippen LogP contribution in [0.25, 0.3) is 0 Å². The van der Waals surface area contributed by atoms with Crippen molar-refractivity contribution in [3.05, 3.63) is 42.2 Å². The largest absolute Gasteiger partial charge is 0.478 e. The van der Waals surface area contributed by atoms with E-state index in [1.807, 2.05) is 13.8 Å². The molecule has 1 aromatic heterocycles. The van der Waals surface area contributed by atoms with E-state index in [0.717, 1.165) is 0 Å². The molecule has 0 aliphatic rings. The summed E-state index contributed by atoms with van der Waals surface area (Å²) >= 11 is 0. The van der Waals surface area contributed by atoms with Gasteiger partial charge in [-0.1, -0.05) is 6.07 Å². The Morgan fingerprint density at radius 2 is 2.15 bits per heavy atom. The number of rotatable bonds is 5. The number of carbonyl (C=O) groups is 1. The maximum atomic E-state index is 10.9. The fourth-order valence-electron chi connectivity index (χ4n) is 1.58. The summed E-state index contributed by atoms with van der Waals surface area (Å²) in [7, 11) is 0. The predicted molar refractivity (Wildman–Crippen MR) is 74.5 cm³/mol. The number of benzene rings is 1. The van der Waals surface area contributed by atoms with Gasteiger partial charge in [-0.15, -0.1) is 0 Å². The van der Waals surface area contributed by atoms with E-state index in [1.54, 1.807) is 18.3 Å². The van der Waals surface area contributed by atoms with Gasteiger partial charge in [0.2, 0.25) is 5.88 Å². The molecular formula is C14H15N3O3. The van der Waals surface area contributed by atoms with Crippen molar-refractivity contribution in [2.45, 2.75) is 20.0 Å². The number of nitrogens with zero attached hydrogens (tertiary/aromatic N) is 2. The molecule has 0 aliphatic heterocycles. The van der Waals surface area contributed by atoms with Crippen molar-refractivity contribution in [3.63, 3.8) is 0 Å². The van der Waals surface area contributed by atoms with Gasteiger partial charge in [0, 0.05) is 5.69 Å². The molecule has 0 unspecified atom stereocenters. The third kappa shape index (κ3) is 3.68. The van der Waals surface area contributed by atoms with Crippen molar-refractivity contribution in [2.75, 3.05) is 5.32 Å². The lowest BCUT2D eigenvalue weighted by Crippen LogP contribution is -2.08. The number of anilines is 2. The average molecular weight is 273 g/mol. The number of aromatic carboxylic acids is 1. The first-order valence-electron chi connectivity index (χ1n) is 6.13. The Morgan fingerprint density at radius 3 is 2.85 bits per heavy atom. The van der Waals surface area contributed by atoms with Crippen LogP contribution < -0.4 is 10.1 Å². The summed E-state index contributed by atoms with van der Waals surface area (Å²) < 4.78 is 5.45. The number of carboxylic acid groups (broad SMARTS) is 1. The van der Waals surface area contributed by atoms with Gasteiger partial charge in [-0.05, 0) is 32.0 Å². The molecule has 0 atom stereocenters. The van der Waals surface area contributed by atoms with Gasteiger partial charge < -0.3 is 15.2 Å². The van der Waals surface area contributed by atoms with E-state index in [-0.39, 0.29) is 11.7 Å². The van der Waals surface area contributed by atoms with E-state index < -0.39 is 5.97 Å². The van der Waals surface area contributed by atoms with Crippen molar-refractivity contribution >= 4 is 17.5 Å². The van der Waals surface area contributed by atoms with Crippen LogP contribution in [0.4, 0.5) is 11.5 Å². The zero-order chi connectivity index (χ0) is 14.5. The first-order valence-corrected chi connectivity index (χ1v) is 6.13. The minimum atomic E-state index is -0.975. The predicted octanol–water partition coefficient (Wildman–Crippen LogP) is 2.71. The molecule has 0 fully saturated rings. The molecule has 104 valence electrons. The van der Waals surface area contributed by atoms with E-state index in [2.05, 4.69) is 15.3 Å². The first-order chi connectivity index (χ1) is 9.54. The Kier molecular flexibility index (Phi) is 4.14. The van der Waals surface area contributed by atoms with Crippen molar-refractivity contribution in [1.82, 2.24) is 9.97 Å². The fourth-order valence-corrected chi connectivity index (χ4v) is 1.58. The fraction of sp³-hybridized carbons (Fsp3) is 0.214. The van der Waals surface area contributed by atoms with Crippen LogP contribution in [0.3, 0.4) is 0 Å². The smallest absolute Gasteiger partial charge is 0.335 e. The molecule has 20 heavy (non-hydrogen) atoms. The Morgan fingerprint density at radius 1 is 1.35 bits per heavy atom. The SMILES string of the molecule is CC(C)Oc1cncc(Nc2cccc(C(=O)O)c2)n1. The lowest BCUT2D eigenvalue weighted by molar-refractivity contribution is 0.0697. The second-order valence-electron chi connectivity index (χ2n) is 4.42. The third-order valence-corrected chi connectivity index (χ3v) is 2.35. The van der Waals surface area contributed by atoms with E-state index in [4.69, 9.17) is 9.84 Å². The van der Waals surface area contributed by atoms with Gasteiger partial charge >= 0.3 is 5.97 Å². The summed E-state index contributed by atoms with van der Waals surface area (Å²) in [6, 6.07) is 6.47. The monoisotopic (exact) mass is 273 g/mol. The summed E-state index contributed by atoms with van der Waals surface area (Å²) in [4.78, 5) is 19.2. The van der Waals surface area contributed by atoms with Crippen LogP contribution in [0, 0.1) is 0 Å². The lowest BCUT2D eigenvalue weighted by Gasteiger charge is -2.10. The van der Waals surface area contributed by atoms with Crippen LogP contribution in [-0.4, -0.2) is 27.1 Å². The van der Waals surface area contributed by atoms with E-state index in [9.17, 15) is 4.79 Å². The molecule has 0 radical (unpaired) electrons. The summed E-state index contributed by atoms with van der Waals surface area (Å²) in [6.45, 7) is 3.80. The molecule has 0 saturated carbocycles. The molecule has 1 heterocycles. The lowest BCUT2D eigenvalue weighted by atomic mass is 10.2. The molecule has 6 nitrogen and oxygen atoms in total. The van der Waals surface area contributed by atoms with Crippen LogP contribution in [0.5, 0.6) is 5.88 Å². The van der Waals surface area contributed by atoms with Crippen LogP contribution in [0.15, 0.2) is 36.7 Å². The van der Waals surface area contributed by atoms with Crippen LogP contribution in [0.1, 0.15) is 24.2 Å². The molecule has 1 aromatic carbocycles. The normalized spacial score (nSPS) is 10.3. The highest BCUT2D eigenvalue weighted by molar-refractivity contribution is 5.89. The minimum Gasteiger partial charge on any atom is -0.478 e. The second kappa shape index (κ2) is 6.01. The Bertz CT molecular complexity index is 614. The van der Waals surface area contributed by atoms with Gasteiger partial charge in [-0.2, -0.15) is 4.98 Å². The molecule has 0 bridgehead atoms. The van der Waals surface area contributed by atoms with Gasteiger partial charge in [-0.3, -0.25) is 4.98 Å². The van der Waals surface area contributed by atoms with Gasteiger partial charge in [0.25, 0.3) is 0 Å². The van der Waals surface area contributed by atoms with Gasteiger partial charge in [0.15, 0.2) is 5.82 Å². The molecule has 0 saturated heterocycles. The van der Waals surface area contributed by atoms with Crippen molar-refractivity contribution in [2.24, 2.45) is 0 Å². The van der Waals surface area contributed by atoms with Crippen molar-refractivity contribution < 1.29 is 14.6 Å². The molecule has 0 aliphatic carbocycles. The molecule has 2 aromatic rings. The third-order valence-electron chi connectivity index (χ3n) is 2.35.